The lowest BCUT2D eigenvalue weighted by molar-refractivity contribution is 0.234. The zero-order valence-electron chi connectivity index (χ0n) is 13.9. The standard InChI is InChI=1S/C18H20N4O2/c1-12-5-6-17-19-14(9-18(23)22(17)10-12)11-21-7-3-4-16(21)15-8-13(2)24-20-15/h5-6,8-10,16H,3-4,7,11H2,1-2H3. The number of pyridine rings is 1. The van der Waals surface area contributed by atoms with Gasteiger partial charge in [0.05, 0.1) is 11.7 Å². The summed E-state index contributed by atoms with van der Waals surface area (Å²) in [5.74, 6) is 0.828. The highest BCUT2D eigenvalue weighted by Crippen LogP contribution is 2.32. The topological polar surface area (TPSA) is 63.6 Å². The van der Waals surface area contributed by atoms with Crippen LogP contribution >= 0.6 is 0 Å². The SMILES string of the molecule is Cc1ccc2nc(CN3CCCC3c3cc(C)on3)cc(=O)n2c1. The normalized spacial score (nSPS) is 18.5. The highest BCUT2D eigenvalue weighted by atomic mass is 16.5. The molecule has 1 aliphatic rings. The van der Waals surface area contributed by atoms with Crippen molar-refractivity contribution in [3.8, 4) is 0 Å². The summed E-state index contributed by atoms with van der Waals surface area (Å²) in [7, 11) is 0. The first kappa shape index (κ1) is 15.1. The second-order valence-electron chi connectivity index (χ2n) is 6.51. The van der Waals surface area contributed by atoms with E-state index in [0.717, 1.165) is 42.1 Å². The molecule has 0 aromatic carbocycles. The van der Waals surface area contributed by atoms with E-state index in [1.807, 2.05) is 38.2 Å². The minimum absolute atomic E-state index is 0.0354. The lowest BCUT2D eigenvalue weighted by atomic mass is 10.1. The molecular weight excluding hydrogens is 304 g/mol. The van der Waals surface area contributed by atoms with Gasteiger partial charge in [0.25, 0.3) is 5.56 Å². The van der Waals surface area contributed by atoms with Crippen molar-refractivity contribution in [2.45, 2.75) is 39.3 Å². The van der Waals surface area contributed by atoms with Crippen LogP contribution in [-0.4, -0.2) is 26.0 Å². The van der Waals surface area contributed by atoms with E-state index < -0.39 is 0 Å². The molecule has 1 unspecified atom stereocenters. The predicted octanol–water partition coefficient (Wildman–Crippen LogP) is 2.64. The largest absolute Gasteiger partial charge is 0.361 e. The summed E-state index contributed by atoms with van der Waals surface area (Å²) in [5.41, 5.74) is 3.47. The quantitative estimate of drug-likeness (QED) is 0.741. The highest BCUT2D eigenvalue weighted by molar-refractivity contribution is 5.40. The van der Waals surface area contributed by atoms with E-state index in [1.165, 1.54) is 0 Å². The maximum absolute atomic E-state index is 12.4. The first-order valence-electron chi connectivity index (χ1n) is 8.26. The monoisotopic (exact) mass is 324 g/mol. The molecule has 0 aliphatic carbocycles. The summed E-state index contributed by atoms with van der Waals surface area (Å²) < 4.78 is 6.82. The Bertz CT molecular complexity index is 944. The van der Waals surface area contributed by atoms with Crippen LogP contribution < -0.4 is 5.56 Å². The molecular formula is C18H20N4O2. The minimum atomic E-state index is -0.0354. The molecule has 4 rings (SSSR count). The Morgan fingerprint density at radius 1 is 1.29 bits per heavy atom. The molecule has 3 aromatic heterocycles. The first-order chi connectivity index (χ1) is 11.6. The molecule has 6 nitrogen and oxygen atoms in total. The Morgan fingerprint density at radius 2 is 2.17 bits per heavy atom. The molecule has 3 aromatic rings. The van der Waals surface area contributed by atoms with Crippen LogP contribution in [0.4, 0.5) is 0 Å². The molecule has 0 radical (unpaired) electrons. The Hall–Kier alpha value is -2.47. The van der Waals surface area contributed by atoms with E-state index in [2.05, 4.69) is 15.0 Å². The molecule has 0 saturated carbocycles. The van der Waals surface area contributed by atoms with Crippen molar-refractivity contribution < 1.29 is 4.52 Å². The maximum Gasteiger partial charge on any atom is 0.258 e. The zero-order chi connectivity index (χ0) is 16.7. The summed E-state index contributed by atoms with van der Waals surface area (Å²) in [5, 5.41) is 4.16. The van der Waals surface area contributed by atoms with E-state index in [0.29, 0.717) is 12.2 Å². The molecule has 1 aliphatic heterocycles. The number of aryl methyl sites for hydroxylation is 2. The Balaban J connectivity index is 1.64. The van der Waals surface area contributed by atoms with E-state index in [4.69, 9.17) is 4.52 Å². The second kappa shape index (κ2) is 5.87. The van der Waals surface area contributed by atoms with E-state index in [9.17, 15) is 4.79 Å². The van der Waals surface area contributed by atoms with E-state index >= 15 is 0 Å². The van der Waals surface area contributed by atoms with Gasteiger partial charge in [-0.05, 0) is 44.9 Å². The van der Waals surface area contributed by atoms with Gasteiger partial charge < -0.3 is 4.52 Å². The van der Waals surface area contributed by atoms with Crippen LogP contribution in [0, 0.1) is 13.8 Å². The molecule has 1 fully saturated rings. The van der Waals surface area contributed by atoms with Crippen LogP contribution in [0.5, 0.6) is 0 Å². The van der Waals surface area contributed by atoms with Gasteiger partial charge in [-0.25, -0.2) is 4.98 Å². The van der Waals surface area contributed by atoms with Gasteiger partial charge in [0, 0.05) is 24.9 Å². The maximum atomic E-state index is 12.4. The Kier molecular flexibility index (Phi) is 3.69. The lowest BCUT2D eigenvalue weighted by Crippen LogP contribution is -2.25. The van der Waals surface area contributed by atoms with Crippen molar-refractivity contribution in [2.24, 2.45) is 0 Å². The summed E-state index contributed by atoms with van der Waals surface area (Å²) in [6.07, 6.45) is 3.99. The van der Waals surface area contributed by atoms with Crippen LogP contribution in [0.15, 0.2) is 39.8 Å². The molecule has 1 saturated heterocycles. The van der Waals surface area contributed by atoms with Crippen LogP contribution in [0.1, 0.15) is 41.6 Å². The predicted molar refractivity (Wildman–Crippen MR) is 89.8 cm³/mol. The van der Waals surface area contributed by atoms with Crippen molar-refractivity contribution in [3.63, 3.8) is 0 Å². The lowest BCUT2D eigenvalue weighted by Gasteiger charge is -2.22. The summed E-state index contributed by atoms with van der Waals surface area (Å²) in [4.78, 5) is 19.3. The molecule has 0 N–H and O–H groups in total. The number of aromatic nitrogens is 3. The summed E-state index contributed by atoms with van der Waals surface area (Å²) in [6, 6.07) is 7.73. The van der Waals surface area contributed by atoms with Gasteiger partial charge >= 0.3 is 0 Å². The van der Waals surface area contributed by atoms with Crippen molar-refractivity contribution in [1.82, 2.24) is 19.4 Å². The van der Waals surface area contributed by atoms with Crippen LogP contribution in [0.2, 0.25) is 0 Å². The molecule has 1 atom stereocenters. The van der Waals surface area contributed by atoms with Crippen LogP contribution in [0.3, 0.4) is 0 Å². The fourth-order valence-corrected chi connectivity index (χ4v) is 3.44. The van der Waals surface area contributed by atoms with Gasteiger partial charge in [0.2, 0.25) is 0 Å². The average molecular weight is 324 g/mol. The van der Waals surface area contributed by atoms with Crippen molar-refractivity contribution >= 4 is 5.65 Å². The smallest absolute Gasteiger partial charge is 0.258 e. The Labute approximate surface area is 139 Å². The third-order valence-corrected chi connectivity index (χ3v) is 4.58. The third-order valence-electron chi connectivity index (χ3n) is 4.58. The molecule has 0 amide bonds. The van der Waals surface area contributed by atoms with Gasteiger partial charge in [-0.15, -0.1) is 0 Å². The Morgan fingerprint density at radius 3 is 2.96 bits per heavy atom. The third kappa shape index (κ3) is 2.73. The average Bonchev–Trinajstić information content (AvgIpc) is 3.17. The first-order valence-corrected chi connectivity index (χ1v) is 8.26. The number of rotatable bonds is 3. The van der Waals surface area contributed by atoms with Gasteiger partial charge in [-0.1, -0.05) is 11.2 Å². The van der Waals surface area contributed by atoms with Crippen molar-refractivity contribution in [3.05, 3.63) is 63.5 Å². The zero-order valence-corrected chi connectivity index (χ0v) is 13.9. The number of hydrogen-bond donors (Lipinski definition) is 0. The summed E-state index contributed by atoms with van der Waals surface area (Å²) in [6.45, 7) is 5.50. The van der Waals surface area contributed by atoms with Crippen molar-refractivity contribution in [2.75, 3.05) is 6.54 Å². The van der Waals surface area contributed by atoms with E-state index in [-0.39, 0.29) is 11.6 Å². The molecule has 4 heterocycles. The number of hydrogen-bond acceptors (Lipinski definition) is 5. The highest BCUT2D eigenvalue weighted by Gasteiger charge is 2.28. The molecule has 0 spiro atoms. The second-order valence-corrected chi connectivity index (χ2v) is 6.51. The van der Waals surface area contributed by atoms with Gasteiger partial charge in [0.15, 0.2) is 0 Å². The van der Waals surface area contributed by atoms with E-state index in [1.54, 1.807) is 10.5 Å². The number of nitrogens with zero attached hydrogens (tertiary/aromatic N) is 4. The van der Waals surface area contributed by atoms with Gasteiger partial charge in [-0.3, -0.25) is 14.1 Å². The minimum Gasteiger partial charge on any atom is -0.361 e. The van der Waals surface area contributed by atoms with Crippen molar-refractivity contribution in [1.29, 1.82) is 0 Å². The summed E-state index contributed by atoms with van der Waals surface area (Å²) >= 11 is 0. The molecule has 24 heavy (non-hydrogen) atoms. The number of fused-ring (bicyclic) bond motifs is 1. The van der Waals surface area contributed by atoms with Gasteiger partial charge in [0.1, 0.15) is 17.1 Å². The molecule has 124 valence electrons. The number of likely N-dealkylation sites (tertiary alicyclic amines) is 1. The fraction of sp³-hybridized carbons (Fsp3) is 0.389. The fourth-order valence-electron chi connectivity index (χ4n) is 3.44. The van der Waals surface area contributed by atoms with Crippen LogP contribution in [0.25, 0.3) is 5.65 Å². The van der Waals surface area contributed by atoms with Crippen LogP contribution in [-0.2, 0) is 6.54 Å². The molecule has 0 bridgehead atoms. The van der Waals surface area contributed by atoms with Gasteiger partial charge in [-0.2, -0.15) is 0 Å². The molecule has 6 heteroatoms.